The number of fused-ring (bicyclic) bond motifs is 1. The molecule has 0 saturated carbocycles. The van der Waals surface area contributed by atoms with E-state index in [1.165, 1.54) is 39.4 Å². The lowest BCUT2D eigenvalue weighted by molar-refractivity contribution is -0.123. The fraction of sp³-hybridized carbons (Fsp3) is 0.296. The topological polar surface area (TPSA) is 83.5 Å². The molecule has 0 radical (unpaired) electrons. The highest BCUT2D eigenvalue weighted by molar-refractivity contribution is 7.89. The van der Waals surface area contributed by atoms with Gasteiger partial charge >= 0.3 is 0 Å². The number of pyridine rings is 1. The van der Waals surface area contributed by atoms with E-state index in [4.69, 9.17) is 4.98 Å². The van der Waals surface area contributed by atoms with Crippen molar-refractivity contribution in [2.24, 2.45) is 5.92 Å². The number of thiazole rings is 1. The zero-order chi connectivity index (χ0) is 26.0. The van der Waals surface area contributed by atoms with E-state index in [1.807, 2.05) is 24.3 Å². The molecule has 1 aliphatic heterocycles. The van der Waals surface area contributed by atoms with Gasteiger partial charge in [-0.15, -0.1) is 0 Å². The van der Waals surface area contributed by atoms with Crippen LogP contribution in [-0.4, -0.2) is 41.7 Å². The monoisotopic (exact) mass is 538 g/mol. The largest absolute Gasteiger partial charge is 0.283 e. The molecule has 7 nitrogen and oxygen atoms in total. The summed E-state index contributed by atoms with van der Waals surface area (Å²) >= 11 is 1.48. The molecule has 2 aromatic carbocycles. The molecule has 4 aromatic rings. The number of anilines is 1. The molecule has 0 atom stereocenters. The first-order valence-corrected chi connectivity index (χ1v) is 14.5. The molecule has 1 saturated heterocycles. The van der Waals surface area contributed by atoms with Crippen LogP contribution in [0.3, 0.4) is 0 Å². The van der Waals surface area contributed by atoms with Crippen LogP contribution in [0.4, 0.5) is 9.52 Å². The van der Waals surface area contributed by atoms with Crippen LogP contribution in [-0.2, 0) is 27.8 Å². The summed E-state index contributed by atoms with van der Waals surface area (Å²) in [5.74, 6) is -1.24. The van der Waals surface area contributed by atoms with E-state index in [1.54, 1.807) is 17.3 Å². The molecule has 0 aliphatic carbocycles. The van der Waals surface area contributed by atoms with Crippen molar-refractivity contribution in [2.75, 3.05) is 18.0 Å². The Morgan fingerprint density at radius 3 is 2.59 bits per heavy atom. The highest BCUT2D eigenvalue weighted by Gasteiger charge is 2.36. The Morgan fingerprint density at radius 1 is 1.11 bits per heavy atom. The maximum Gasteiger partial charge on any atom is 0.245 e. The van der Waals surface area contributed by atoms with E-state index < -0.39 is 15.8 Å². The molecule has 5 rings (SSSR count). The fourth-order valence-electron chi connectivity index (χ4n) is 4.56. The van der Waals surface area contributed by atoms with Crippen LogP contribution in [0.1, 0.15) is 30.9 Å². The normalized spacial score (nSPS) is 15.2. The van der Waals surface area contributed by atoms with Crippen LogP contribution in [0.5, 0.6) is 0 Å². The van der Waals surface area contributed by atoms with Crippen molar-refractivity contribution in [1.29, 1.82) is 0 Å². The van der Waals surface area contributed by atoms with Crippen LogP contribution < -0.4 is 4.90 Å². The number of aryl methyl sites for hydroxylation is 1. The van der Waals surface area contributed by atoms with E-state index in [0.29, 0.717) is 24.5 Å². The quantitative estimate of drug-likeness (QED) is 0.330. The molecule has 192 valence electrons. The summed E-state index contributed by atoms with van der Waals surface area (Å²) in [5.41, 5.74) is 2.92. The van der Waals surface area contributed by atoms with E-state index >= 15 is 0 Å². The van der Waals surface area contributed by atoms with Gasteiger partial charge in [0.05, 0.1) is 16.8 Å². The van der Waals surface area contributed by atoms with E-state index in [0.717, 1.165) is 28.3 Å². The summed E-state index contributed by atoms with van der Waals surface area (Å²) in [4.78, 5) is 24.1. The van der Waals surface area contributed by atoms with Crippen molar-refractivity contribution >= 4 is 42.6 Å². The van der Waals surface area contributed by atoms with Gasteiger partial charge in [0.25, 0.3) is 0 Å². The first-order chi connectivity index (χ1) is 17.9. The Hall–Kier alpha value is -3.21. The van der Waals surface area contributed by atoms with Gasteiger partial charge in [-0.2, -0.15) is 4.31 Å². The van der Waals surface area contributed by atoms with Gasteiger partial charge in [-0.3, -0.25) is 14.7 Å². The van der Waals surface area contributed by atoms with E-state index in [9.17, 15) is 17.6 Å². The molecule has 37 heavy (non-hydrogen) atoms. The van der Waals surface area contributed by atoms with Gasteiger partial charge < -0.3 is 0 Å². The summed E-state index contributed by atoms with van der Waals surface area (Å²) in [5, 5.41) is 0.610. The minimum Gasteiger partial charge on any atom is -0.283 e. The Balaban J connectivity index is 1.38. The lowest BCUT2D eigenvalue weighted by Crippen LogP contribution is -2.44. The summed E-state index contributed by atoms with van der Waals surface area (Å²) in [6.45, 7) is 2.71. The molecule has 10 heteroatoms. The SMILES string of the molecule is CCc1ccc2nc(N(Cc3cccnc3)C(=O)C3CCN(S(=O)(=O)c4ccccc4F)CC3)sc2c1. The number of sulfonamides is 1. The zero-order valence-electron chi connectivity index (χ0n) is 20.4. The summed E-state index contributed by atoms with van der Waals surface area (Å²) in [7, 11) is -3.97. The third-order valence-electron chi connectivity index (χ3n) is 6.67. The van der Waals surface area contributed by atoms with Crippen molar-refractivity contribution in [1.82, 2.24) is 14.3 Å². The molecular formula is C27H27FN4O3S2. The number of nitrogens with zero attached hydrogens (tertiary/aromatic N) is 4. The summed E-state index contributed by atoms with van der Waals surface area (Å²) in [6.07, 6.45) is 5.02. The molecule has 2 aromatic heterocycles. The molecule has 1 amide bonds. The number of rotatable bonds is 7. The van der Waals surface area contributed by atoms with E-state index in [2.05, 4.69) is 18.0 Å². The molecule has 0 N–H and O–H groups in total. The first kappa shape index (κ1) is 25.4. The van der Waals surface area contributed by atoms with Crippen LogP contribution in [0.2, 0.25) is 0 Å². The predicted molar refractivity (Wildman–Crippen MR) is 142 cm³/mol. The number of aromatic nitrogens is 2. The summed E-state index contributed by atoms with van der Waals surface area (Å²) < 4.78 is 42.5. The average Bonchev–Trinajstić information content (AvgIpc) is 3.35. The Kier molecular flexibility index (Phi) is 7.32. The molecule has 0 unspecified atom stereocenters. The predicted octanol–water partition coefficient (Wildman–Crippen LogP) is 5.03. The third-order valence-corrected chi connectivity index (χ3v) is 9.64. The van der Waals surface area contributed by atoms with Crippen molar-refractivity contribution in [2.45, 2.75) is 37.6 Å². The molecule has 3 heterocycles. The number of amides is 1. The van der Waals surface area contributed by atoms with Gasteiger partial charge in [0, 0.05) is 31.4 Å². The second-order valence-electron chi connectivity index (χ2n) is 9.05. The van der Waals surface area contributed by atoms with Crippen LogP contribution in [0.25, 0.3) is 10.2 Å². The minimum absolute atomic E-state index is 0.0958. The van der Waals surface area contributed by atoms with E-state index in [-0.39, 0.29) is 29.8 Å². The number of carbonyl (C=O) groups excluding carboxylic acids is 1. The molecule has 1 aliphatic rings. The zero-order valence-corrected chi connectivity index (χ0v) is 22.0. The van der Waals surface area contributed by atoms with Crippen molar-refractivity contribution < 1.29 is 17.6 Å². The number of hydrogen-bond donors (Lipinski definition) is 0. The average molecular weight is 539 g/mol. The Morgan fingerprint density at radius 2 is 1.89 bits per heavy atom. The standard InChI is InChI=1S/C27H27FN4O3S2/c1-2-19-9-10-23-24(16-19)36-27(30-23)32(18-20-6-5-13-29-17-20)26(33)21-11-14-31(15-12-21)37(34,35)25-8-4-3-7-22(25)28/h3-10,13,16-17,21H,2,11-12,14-15,18H2,1H3. The van der Waals surface area contributed by atoms with Gasteiger partial charge in [-0.1, -0.05) is 42.5 Å². The van der Waals surface area contributed by atoms with Crippen LogP contribution in [0.15, 0.2) is 71.9 Å². The third kappa shape index (κ3) is 5.27. The number of hydrogen-bond acceptors (Lipinski definition) is 6. The van der Waals surface area contributed by atoms with Gasteiger partial charge in [0.15, 0.2) is 5.13 Å². The maximum absolute atomic E-state index is 14.2. The number of carbonyl (C=O) groups is 1. The first-order valence-electron chi connectivity index (χ1n) is 12.2. The maximum atomic E-state index is 14.2. The molecule has 0 spiro atoms. The molecule has 0 bridgehead atoms. The highest BCUT2D eigenvalue weighted by Crippen LogP contribution is 2.33. The second-order valence-corrected chi connectivity index (χ2v) is 12.0. The second kappa shape index (κ2) is 10.6. The lowest BCUT2D eigenvalue weighted by Gasteiger charge is -2.33. The number of benzene rings is 2. The highest BCUT2D eigenvalue weighted by atomic mass is 32.2. The van der Waals surface area contributed by atoms with Gasteiger partial charge in [0.2, 0.25) is 15.9 Å². The smallest absolute Gasteiger partial charge is 0.245 e. The number of piperidine rings is 1. The van der Waals surface area contributed by atoms with Crippen LogP contribution in [0, 0.1) is 11.7 Å². The van der Waals surface area contributed by atoms with Crippen molar-refractivity contribution in [3.05, 3.63) is 83.9 Å². The molecule has 1 fully saturated rings. The van der Waals surface area contributed by atoms with Gasteiger partial charge in [-0.25, -0.2) is 17.8 Å². The van der Waals surface area contributed by atoms with Gasteiger partial charge in [0.1, 0.15) is 10.7 Å². The van der Waals surface area contributed by atoms with Crippen molar-refractivity contribution in [3.63, 3.8) is 0 Å². The van der Waals surface area contributed by atoms with Gasteiger partial charge in [-0.05, 0) is 60.7 Å². The fourth-order valence-corrected chi connectivity index (χ4v) is 7.13. The van der Waals surface area contributed by atoms with Crippen LogP contribution >= 0.6 is 11.3 Å². The molecular weight excluding hydrogens is 511 g/mol. The Labute approximate surface area is 219 Å². The number of halogens is 1. The minimum atomic E-state index is -3.97. The Bertz CT molecular complexity index is 1520. The lowest BCUT2D eigenvalue weighted by atomic mass is 9.96. The van der Waals surface area contributed by atoms with Crippen molar-refractivity contribution in [3.8, 4) is 0 Å². The summed E-state index contributed by atoms with van der Waals surface area (Å²) in [6, 6.07) is 15.3.